The lowest BCUT2D eigenvalue weighted by atomic mass is 9.93. The Kier molecular flexibility index (Phi) is 11.0. The number of piperidine rings is 2. The van der Waals surface area contributed by atoms with Crippen LogP contribution in [0.15, 0.2) is 5.38 Å². The van der Waals surface area contributed by atoms with Crippen molar-refractivity contribution in [2.75, 3.05) is 31.5 Å². The molecule has 1 aromatic heterocycles. The maximum atomic E-state index is 12.1. The van der Waals surface area contributed by atoms with Gasteiger partial charge >= 0.3 is 0 Å². The van der Waals surface area contributed by atoms with Gasteiger partial charge in [0.25, 0.3) is 0 Å². The van der Waals surface area contributed by atoms with E-state index in [1.807, 2.05) is 0 Å². The third-order valence-electron chi connectivity index (χ3n) is 5.16. The Morgan fingerprint density at radius 3 is 2.85 bits per heavy atom. The van der Waals surface area contributed by atoms with Crippen molar-refractivity contribution in [1.29, 1.82) is 0 Å². The first kappa shape index (κ1) is 23.6. The first-order valence-corrected chi connectivity index (χ1v) is 10.2. The van der Waals surface area contributed by atoms with Crippen LogP contribution in [-0.4, -0.2) is 42.0 Å². The number of nitrogens with one attached hydrogen (secondary N) is 2. The molecule has 0 aliphatic carbocycles. The molecular formula is C18H32Cl2N4OS. The maximum Gasteiger partial charge on any atom is 0.226 e. The van der Waals surface area contributed by atoms with Crippen LogP contribution < -0.4 is 10.6 Å². The van der Waals surface area contributed by atoms with Gasteiger partial charge in [-0.05, 0) is 63.6 Å². The molecule has 2 fully saturated rings. The monoisotopic (exact) mass is 422 g/mol. The van der Waals surface area contributed by atoms with Gasteiger partial charge in [0, 0.05) is 24.9 Å². The molecule has 0 bridgehead atoms. The predicted molar refractivity (Wildman–Crippen MR) is 114 cm³/mol. The lowest BCUT2D eigenvalue weighted by molar-refractivity contribution is -0.116. The van der Waals surface area contributed by atoms with E-state index in [1.54, 1.807) is 11.3 Å². The van der Waals surface area contributed by atoms with E-state index in [-0.39, 0.29) is 30.7 Å². The molecule has 8 heteroatoms. The van der Waals surface area contributed by atoms with Gasteiger partial charge in [0.2, 0.25) is 5.91 Å². The van der Waals surface area contributed by atoms with Crippen LogP contribution >= 0.6 is 36.2 Å². The SMILES string of the molecule is CC1CCCN(Cc2csc(NC(=O)CCC3CCNCC3)n2)C1.Cl.Cl. The van der Waals surface area contributed by atoms with Crippen molar-refractivity contribution in [2.24, 2.45) is 11.8 Å². The zero-order chi connectivity index (χ0) is 16.8. The van der Waals surface area contributed by atoms with Crippen molar-refractivity contribution in [3.05, 3.63) is 11.1 Å². The van der Waals surface area contributed by atoms with E-state index >= 15 is 0 Å². The number of nitrogens with zero attached hydrogens (tertiary/aromatic N) is 2. The molecule has 1 unspecified atom stereocenters. The smallest absolute Gasteiger partial charge is 0.226 e. The summed E-state index contributed by atoms with van der Waals surface area (Å²) < 4.78 is 0. The molecule has 5 nitrogen and oxygen atoms in total. The molecule has 1 aromatic rings. The van der Waals surface area contributed by atoms with Gasteiger partial charge in [-0.15, -0.1) is 36.2 Å². The highest BCUT2D eigenvalue weighted by atomic mass is 35.5. The second-order valence-corrected chi connectivity index (χ2v) is 8.26. The second kappa shape index (κ2) is 12.1. The summed E-state index contributed by atoms with van der Waals surface area (Å²) in [6, 6.07) is 0. The largest absolute Gasteiger partial charge is 0.317 e. The number of amides is 1. The van der Waals surface area contributed by atoms with Crippen LogP contribution in [0.25, 0.3) is 0 Å². The van der Waals surface area contributed by atoms with Crippen LogP contribution in [0.4, 0.5) is 5.13 Å². The minimum Gasteiger partial charge on any atom is -0.317 e. The Bertz CT molecular complexity index is 537. The van der Waals surface area contributed by atoms with E-state index in [2.05, 4.69) is 32.8 Å². The highest BCUT2D eigenvalue weighted by molar-refractivity contribution is 7.13. The molecule has 26 heavy (non-hydrogen) atoms. The van der Waals surface area contributed by atoms with Crippen LogP contribution in [0.5, 0.6) is 0 Å². The van der Waals surface area contributed by atoms with Gasteiger partial charge in [0.1, 0.15) is 0 Å². The van der Waals surface area contributed by atoms with Crippen LogP contribution in [0.2, 0.25) is 0 Å². The van der Waals surface area contributed by atoms with E-state index in [4.69, 9.17) is 0 Å². The number of rotatable bonds is 6. The maximum absolute atomic E-state index is 12.1. The van der Waals surface area contributed by atoms with Crippen LogP contribution in [-0.2, 0) is 11.3 Å². The number of anilines is 1. The third-order valence-corrected chi connectivity index (χ3v) is 5.97. The van der Waals surface area contributed by atoms with Gasteiger partial charge in [0.15, 0.2) is 5.13 Å². The van der Waals surface area contributed by atoms with Crippen molar-refractivity contribution in [3.63, 3.8) is 0 Å². The van der Waals surface area contributed by atoms with Crippen molar-refractivity contribution < 1.29 is 4.79 Å². The normalized spacial score (nSPS) is 21.5. The van der Waals surface area contributed by atoms with Gasteiger partial charge in [-0.2, -0.15) is 0 Å². The Balaban J connectivity index is 0.00000169. The highest BCUT2D eigenvalue weighted by Crippen LogP contribution is 2.22. The number of thiazole rings is 1. The van der Waals surface area contributed by atoms with Crippen molar-refractivity contribution in [3.8, 4) is 0 Å². The summed E-state index contributed by atoms with van der Waals surface area (Å²) in [6.07, 6.45) is 6.63. The van der Waals surface area contributed by atoms with Gasteiger partial charge in [0.05, 0.1) is 5.69 Å². The number of hydrogen-bond acceptors (Lipinski definition) is 5. The highest BCUT2D eigenvalue weighted by Gasteiger charge is 2.18. The molecule has 0 saturated carbocycles. The summed E-state index contributed by atoms with van der Waals surface area (Å²) in [5.41, 5.74) is 1.09. The summed E-state index contributed by atoms with van der Waals surface area (Å²) in [5.74, 6) is 1.59. The molecule has 1 atom stereocenters. The Morgan fingerprint density at radius 2 is 2.12 bits per heavy atom. The predicted octanol–water partition coefficient (Wildman–Crippen LogP) is 3.94. The van der Waals surface area contributed by atoms with Crippen LogP contribution in [0.3, 0.4) is 0 Å². The zero-order valence-electron chi connectivity index (χ0n) is 15.5. The second-order valence-electron chi connectivity index (χ2n) is 7.41. The summed E-state index contributed by atoms with van der Waals surface area (Å²) in [7, 11) is 0. The van der Waals surface area contributed by atoms with Crippen molar-refractivity contribution >= 4 is 47.2 Å². The molecule has 3 rings (SSSR count). The molecule has 3 heterocycles. The van der Waals surface area contributed by atoms with E-state index in [1.165, 1.54) is 32.2 Å². The fourth-order valence-electron chi connectivity index (χ4n) is 3.78. The number of carbonyl (C=O) groups is 1. The lowest BCUT2D eigenvalue weighted by Crippen LogP contribution is -2.33. The number of hydrogen-bond donors (Lipinski definition) is 2. The summed E-state index contributed by atoms with van der Waals surface area (Å²) >= 11 is 1.55. The van der Waals surface area contributed by atoms with Gasteiger partial charge < -0.3 is 10.6 Å². The summed E-state index contributed by atoms with van der Waals surface area (Å²) in [6.45, 7) is 7.75. The van der Waals surface area contributed by atoms with Crippen LogP contribution in [0.1, 0.15) is 51.1 Å². The fraction of sp³-hybridized carbons (Fsp3) is 0.778. The first-order chi connectivity index (χ1) is 11.7. The Labute approximate surface area is 173 Å². The molecule has 2 aliphatic rings. The van der Waals surface area contributed by atoms with E-state index in [0.29, 0.717) is 12.3 Å². The number of halogens is 2. The number of likely N-dealkylation sites (tertiary alicyclic amines) is 1. The quantitative estimate of drug-likeness (QED) is 0.728. The van der Waals surface area contributed by atoms with E-state index < -0.39 is 0 Å². The van der Waals surface area contributed by atoms with Gasteiger partial charge in [-0.1, -0.05) is 6.92 Å². The van der Waals surface area contributed by atoms with Crippen molar-refractivity contribution in [2.45, 2.75) is 52.0 Å². The Hall–Kier alpha value is -0.400. The van der Waals surface area contributed by atoms with Gasteiger partial charge in [-0.25, -0.2) is 4.98 Å². The molecule has 2 saturated heterocycles. The molecule has 0 radical (unpaired) electrons. The molecule has 1 amide bonds. The van der Waals surface area contributed by atoms with E-state index in [0.717, 1.165) is 49.3 Å². The molecule has 150 valence electrons. The topological polar surface area (TPSA) is 57.3 Å². The number of aromatic nitrogens is 1. The van der Waals surface area contributed by atoms with Crippen molar-refractivity contribution in [1.82, 2.24) is 15.2 Å². The molecule has 2 aliphatic heterocycles. The third kappa shape index (κ3) is 7.69. The molecule has 0 aromatic carbocycles. The zero-order valence-corrected chi connectivity index (χ0v) is 18.0. The first-order valence-electron chi connectivity index (χ1n) is 9.36. The fourth-order valence-corrected chi connectivity index (χ4v) is 4.50. The van der Waals surface area contributed by atoms with E-state index in [9.17, 15) is 4.79 Å². The Morgan fingerprint density at radius 1 is 1.35 bits per heavy atom. The number of carbonyl (C=O) groups excluding carboxylic acids is 1. The molecular weight excluding hydrogens is 391 g/mol. The average Bonchev–Trinajstić information content (AvgIpc) is 3.01. The minimum atomic E-state index is 0. The summed E-state index contributed by atoms with van der Waals surface area (Å²) in [4.78, 5) is 19.2. The molecule has 0 spiro atoms. The average molecular weight is 423 g/mol. The molecule has 2 N–H and O–H groups in total. The van der Waals surface area contributed by atoms with Crippen LogP contribution in [0, 0.1) is 11.8 Å². The summed E-state index contributed by atoms with van der Waals surface area (Å²) in [5, 5.41) is 9.19. The lowest BCUT2D eigenvalue weighted by Gasteiger charge is -2.30. The standard InChI is InChI=1S/C18H30N4OS.2ClH/c1-14-3-2-10-22(11-14)12-16-13-24-18(20-16)21-17(23)5-4-15-6-8-19-9-7-15;;/h13-15,19H,2-12H2,1H3,(H,20,21,23);2*1H. The van der Waals surface area contributed by atoms with Gasteiger partial charge in [-0.3, -0.25) is 9.69 Å². The minimum absolute atomic E-state index is 0.